The van der Waals surface area contributed by atoms with E-state index in [1.165, 1.54) is 17.2 Å². The maximum Gasteiger partial charge on any atom is 0.332 e. The number of hydrogen-bond acceptors (Lipinski definition) is 4. The summed E-state index contributed by atoms with van der Waals surface area (Å²) in [5.41, 5.74) is 1.44. The van der Waals surface area contributed by atoms with Crippen molar-refractivity contribution in [2.45, 2.75) is 39.7 Å². The quantitative estimate of drug-likeness (QED) is 0.858. The second kappa shape index (κ2) is 6.78. The van der Waals surface area contributed by atoms with Crippen LogP contribution in [0.3, 0.4) is 0 Å². The molecule has 2 aromatic rings. The maximum atomic E-state index is 12.8. The summed E-state index contributed by atoms with van der Waals surface area (Å²) in [6, 6.07) is 7.93. The van der Waals surface area contributed by atoms with Crippen LogP contribution >= 0.6 is 0 Å². The Balaban J connectivity index is 2.07. The van der Waals surface area contributed by atoms with Gasteiger partial charge in [-0.05, 0) is 29.5 Å². The zero-order chi connectivity index (χ0) is 19.0. The molecule has 1 aliphatic rings. The van der Waals surface area contributed by atoms with Gasteiger partial charge in [0.15, 0.2) is 0 Å². The van der Waals surface area contributed by atoms with Gasteiger partial charge in [-0.3, -0.25) is 18.7 Å². The number of rotatable bonds is 4. The van der Waals surface area contributed by atoms with Crippen molar-refractivity contribution in [3.05, 3.63) is 67.5 Å². The third-order valence-corrected chi connectivity index (χ3v) is 4.63. The van der Waals surface area contributed by atoms with Gasteiger partial charge in [-0.2, -0.15) is 0 Å². The lowest BCUT2D eigenvalue weighted by molar-refractivity contribution is 0.104. The summed E-state index contributed by atoms with van der Waals surface area (Å²) in [5.74, 6) is 0.354. The number of ketones is 1. The first-order valence-corrected chi connectivity index (χ1v) is 8.82. The summed E-state index contributed by atoms with van der Waals surface area (Å²) >= 11 is 0. The summed E-state index contributed by atoms with van der Waals surface area (Å²) in [4.78, 5) is 37.6. The van der Waals surface area contributed by atoms with E-state index in [0.29, 0.717) is 24.0 Å². The van der Waals surface area contributed by atoms with Gasteiger partial charge in [-0.15, -0.1) is 0 Å². The largest absolute Gasteiger partial charge is 0.338 e. The minimum atomic E-state index is -0.562. The van der Waals surface area contributed by atoms with Crippen molar-refractivity contribution in [2.24, 2.45) is 7.05 Å². The van der Waals surface area contributed by atoms with Crippen molar-refractivity contribution in [1.29, 1.82) is 0 Å². The Labute approximate surface area is 151 Å². The third-order valence-electron chi connectivity index (χ3n) is 4.63. The Bertz CT molecular complexity index is 1010. The Morgan fingerprint density at radius 2 is 1.77 bits per heavy atom. The molecule has 0 amide bonds. The van der Waals surface area contributed by atoms with Gasteiger partial charge in [0.2, 0.25) is 5.78 Å². The molecule has 1 aromatic carbocycles. The number of Topliss-reactive ketones (excluding diaryl/α,β-unsaturated/α-hetero) is 1. The van der Waals surface area contributed by atoms with Crippen LogP contribution in [-0.4, -0.2) is 14.9 Å². The molecule has 0 fully saturated rings. The van der Waals surface area contributed by atoms with Crippen LogP contribution in [0.4, 0.5) is 5.82 Å². The Kier molecular flexibility index (Phi) is 4.68. The molecule has 1 aromatic heterocycles. The van der Waals surface area contributed by atoms with Crippen molar-refractivity contribution in [3.63, 3.8) is 0 Å². The molecule has 0 radical (unpaired) electrons. The maximum absolute atomic E-state index is 12.8. The van der Waals surface area contributed by atoms with Crippen LogP contribution in [0.1, 0.15) is 54.6 Å². The van der Waals surface area contributed by atoms with Gasteiger partial charge >= 0.3 is 5.69 Å². The lowest BCUT2D eigenvalue weighted by Gasteiger charge is -2.11. The highest BCUT2D eigenvalue weighted by atomic mass is 16.2. The van der Waals surface area contributed by atoms with E-state index in [4.69, 9.17) is 0 Å². The molecule has 0 saturated heterocycles. The zero-order valence-corrected chi connectivity index (χ0v) is 15.5. The molecule has 2 heterocycles. The molecule has 0 unspecified atom stereocenters. The van der Waals surface area contributed by atoms with E-state index in [1.807, 2.05) is 31.2 Å². The summed E-state index contributed by atoms with van der Waals surface area (Å²) < 4.78 is 2.45. The van der Waals surface area contributed by atoms with Crippen LogP contribution < -0.4 is 16.6 Å². The van der Waals surface area contributed by atoms with Crippen LogP contribution in [0.25, 0.3) is 6.08 Å². The molecule has 0 saturated carbocycles. The van der Waals surface area contributed by atoms with E-state index >= 15 is 0 Å². The number of hydrogen-bond donors (Lipinski definition) is 1. The predicted octanol–water partition coefficient (Wildman–Crippen LogP) is 2.73. The molecule has 3 rings (SSSR count). The number of anilines is 1. The molecule has 6 heteroatoms. The number of fused-ring (bicyclic) bond motifs is 1. The Hall–Kier alpha value is -2.89. The lowest BCUT2D eigenvalue weighted by atomic mass is 10.0. The minimum Gasteiger partial charge on any atom is -0.338 e. The topological polar surface area (TPSA) is 73.1 Å². The molecule has 1 N–H and O–H groups in total. The van der Waals surface area contributed by atoms with Crippen molar-refractivity contribution < 1.29 is 4.79 Å². The second-order valence-electron chi connectivity index (χ2n) is 6.86. The first-order chi connectivity index (χ1) is 12.3. The van der Waals surface area contributed by atoms with Crippen LogP contribution in [0, 0.1) is 0 Å². The van der Waals surface area contributed by atoms with Gasteiger partial charge in [-0.1, -0.05) is 45.0 Å². The van der Waals surface area contributed by atoms with Crippen molar-refractivity contribution in [1.82, 2.24) is 9.13 Å². The van der Waals surface area contributed by atoms with Gasteiger partial charge in [0.1, 0.15) is 11.4 Å². The minimum absolute atomic E-state index is 0.0330. The smallest absolute Gasteiger partial charge is 0.332 e. The molecular weight excluding hydrogens is 330 g/mol. The highest BCUT2D eigenvalue weighted by molar-refractivity contribution is 6.19. The number of nitrogens with zero attached hydrogens (tertiary/aromatic N) is 2. The average Bonchev–Trinajstić information content (AvgIpc) is 2.93. The monoisotopic (exact) mass is 353 g/mol. The van der Waals surface area contributed by atoms with Gasteiger partial charge < -0.3 is 5.32 Å². The highest BCUT2D eigenvalue weighted by Gasteiger charge is 2.32. The van der Waals surface area contributed by atoms with E-state index in [0.717, 1.165) is 16.6 Å². The van der Waals surface area contributed by atoms with Crippen molar-refractivity contribution in [3.8, 4) is 0 Å². The molecule has 0 aliphatic carbocycles. The molecular formula is C20H23N3O3. The van der Waals surface area contributed by atoms with E-state index in [9.17, 15) is 14.4 Å². The van der Waals surface area contributed by atoms with Crippen LogP contribution in [0.5, 0.6) is 0 Å². The summed E-state index contributed by atoms with van der Waals surface area (Å²) in [6.45, 7) is 6.61. The molecule has 26 heavy (non-hydrogen) atoms. The Morgan fingerprint density at radius 3 is 2.35 bits per heavy atom. The summed E-state index contributed by atoms with van der Waals surface area (Å²) in [5, 5.41) is 2.99. The molecule has 136 valence electrons. The fraction of sp³-hybridized carbons (Fsp3) is 0.350. The van der Waals surface area contributed by atoms with Crippen molar-refractivity contribution >= 4 is 17.7 Å². The fourth-order valence-electron chi connectivity index (χ4n) is 3.10. The van der Waals surface area contributed by atoms with Gasteiger partial charge in [0, 0.05) is 13.6 Å². The normalized spacial score (nSPS) is 14.8. The molecule has 0 atom stereocenters. The van der Waals surface area contributed by atoms with Crippen LogP contribution in [0.2, 0.25) is 0 Å². The summed E-state index contributed by atoms with van der Waals surface area (Å²) in [6.07, 6.45) is 2.43. The lowest BCUT2D eigenvalue weighted by Crippen LogP contribution is -2.40. The zero-order valence-electron chi connectivity index (χ0n) is 15.5. The van der Waals surface area contributed by atoms with E-state index in [-0.39, 0.29) is 11.3 Å². The average molecular weight is 353 g/mol. The molecule has 6 nitrogen and oxygen atoms in total. The van der Waals surface area contributed by atoms with Gasteiger partial charge in [0.25, 0.3) is 5.56 Å². The van der Waals surface area contributed by atoms with Gasteiger partial charge in [0.05, 0.1) is 5.70 Å². The SMILES string of the molecule is CCCn1c2c(c(=O)n(C)c1=O)C(=O)C(=Cc1ccc(C(C)C)cc1)N2. The van der Waals surface area contributed by atoms with Crippen molar-refractivity contribution in [2.75, 3.05) is 5.32 Å². The standard InChI is InChI=1S/C20H23N3O3/c1-5-10-23-18-16(19(25)22(4)20(23)26)17(24)15(21-18)11-13-6-8-14(9-7-13)12(2)3/h6-9,11-12,21H,5,10H2,1-4H3. The Morgan fingerprint density at radius 1 is 1.12 bits per heavy atom. The van der Waals surface area contributed by atoms with Gasteiger partial charge in [-0.25, -0.2) is 4.79 Å². The first-order valence-electron chi connectivity index (χ1n) is 8.82. The van der Waals surface area contributed by atoms with E-state index < -0.39 is 11.2 Å². The number of aromatic nitrogens is 2. The third kappa shape index (κ3) is 2.92. The molecule has 0 bridgehead atoms. The molecule has 1 aliphatic heterocycles. The van der Waals surface area contributed by atoms with E-state index in [1.54, 1.807) is 6.08 Å². The van der Waals surface area contributed by atoms with Crippen LogP contribution in [-0.2, 0) is 13.6 Å². The predicted molar refractivity (Wildman–Crippen MR) is 103 cm³/mol. The van der Waals surface area contributed by atoms with E-state index in [2.05, 4.69) is 19.2 Å². The number of benzene rings is 1. The second-order valence-corrected chi connectivity index (χ2v) is 6.86. The number of carbonyl (C=O) groups excluding carboxylic acids is 1. The number of nitrogens with one attached hydrogen (secondary N) is 1. The fourth-order valence-corrected chi connectivity index (χ4v) is 3.10. The number of allylic oxidation sites excluding steroid dienone is 1. The molecule has 0 spiro atoms. The summed E-state index contributed by atoms with van der Waals surface area (Å²) in [7, 11) is 1.40. The first kappa shape index (κ1) is 17.9. The number of carbonyl (C=O) groups is 1. The van der Waals surface area contributed by atoms with Crippen LogP contribution in [0.15, 0.2) is 39.6 Å². The highest BCUT2D eigenvalue weighted by Crippen LogP contribution is 2.26.